The Balaban J connectivity index is 1.76. The lowest BCUT2D eigenvalue weighted by Crippen LogP contribution is -2.06. The highest BCUT2D eigenvalue weighted by Gasteiger charge is 2.17. The molecule has 5 nitrogen and oxygen atoms in total. The number of carbonyl (C=O) groups is 1. The molecule has 2 heterocycles. The summed E-state index contributed by atoms with van der Waals surface area (Å²) >= 11 is 1.43. The predicted molar refractivity (Wildman–Crippen MR) is 104 cm³/mol. The number of aryl methyl sites for hydroxylation is 2. The highest BCUT2D eigenvalue weighted by molar-refractivity contribution is 7.99. The van der Waals surface area contributed by atoms with Gasteiger partial charge in [-0.15, -0.1) is 10.2 Å². The van der Waals surface area contributed by atoms with Crippen LogP contribution in [0.15, 0.2) is 46.2 Å². The van der Waals surface area contributed by atoms with Crippen LogP contribution in [-0.4, -0.2) is 26.3 Å². The fraction of sp³-hybridized carbons (Fsp3) is 0.350. The molecule has 2 aromatic heterocycles. The Hall–Kier alpha value is -2.34. The van der Waals surface area contributed by atoms with E-state index in [0.717, 1.165) is 35.7 Å². The van der Waals surface area contributed by atoms with E-state index in [4.69, 9.17) is 4.42 Å². The van der Waals surface area contributed by atoms with Crippen LogP contribution < -0.4 is 0 Å². The number of thioether (sulfide) groups is 1. The molecule has 0 aliphatic carbocycles. The van der Waals surface area contributed by atoms with Gasteiger partial charge in [0.05, 0.1) is 12.0 Å². The molecule has 0 spiro atoms. The average Bonchev–Trinajstić information content (AvgIpc) is 3.29. The van der Waals surface area contributed by atoms with E-state index in [9.17, 15) is 4.79 Å². The Morgan fingerprint density at radius 1 is 1.19 bits per heavy atom. The van der Waals surface area contributed by atoms with E-state index >= 15 is 0 Å². The molecule has 0 unspecified atom stereocenters. The van der Waals surface area contributed by atoms with Crippen molar-refractivity contribution in [1.29, 1.82) is 0 Å². The number of ketones is 1. The Morgan fingerprint density at radius 2 is 2.04 bits per heavy atom. The highest BCUT2D eigenvalue weighted by Crippen LogP contribution is 2.25. The summed E-state index contributed by atoms with van der Waals surface area (Å²) in [7, 11) is 0. The third-order valence-electron chi connectivity index (χ3n) is 4.35. The van der Waals surface area contributed by atoms with Crippen molar-refractivity contribution in [2.45, 2.75) is 45.3 Å². The molecule has 0 atom stereocenters. The first-order chi connectivity index (χ1) is 12.6. The minimum absolute atomic E-state index is 0.0997. The van der Waals surface area contributed by atoms with Gasteiger partial charge in [0.25, 0.3) is 0 Å². The zero-order valence-corrected chi connectivity index (χ0v) is 16.2. The van der Waals surface area contributed by atoms with E-state index in [2.05, 4.69) is 17.1 Å². The maximum absolute atomic E-state index is 12.5. The number of rotatable bonds is 8. The Labute approximate surface area is 157 Å². The van der Waals surface area contributed by atoms with Crippen LogP contribution in [0, 0.1) is 13.8 Å². The molecule has 0 aliphatic rings. The zero-order valence-electron chi connectivity index (χ0n) is 15.4. The molecule has 0 N–H and O–H groups in total. The quantitative estimate of drug-likeness (QED) is 0.416. The van der Waals surface area contributed by atoms with E-state index in [0.29, 0.717) is 17.3 Å². The maximum atomic E-state index is 12.5. The number of carbonyl (C=O) groups excluding carboxylic acids is 1. The van der Waals surface area contributed by atoms with Crippen molar-refractivity contribution in [3.8, 4) is 11.6 Å². The van der Waals surface area contributed by atoms with Crippen molar-refractivity contribution in [1.82, 2.24) is 14.8 Å². The number of hydrogen-bond acceptors (Lipinski definition) is 5. The molecule has 26 heavy (non-hydrogen) atoms. The second-order valence-electron chi connectivity index (χ2n) is 6.30. The first-order valence-corrected chi connectivity index (χ1v) is 9.79. The molecule has 0 saturated carbocycles. The van der Waals surface area contributed by atoms with Crippen LogP contribution in [0.1, 0.15) is 41.3 Å². The molecular formula is C20H23N3O2S. The molecular weight excluding hydrogens is 346 g/mol. The van der Waals surface area contributed by atoms with Crippen LogP contribution in [0.4, 0.5) is 0 Å². The van der Waals surface area contributed by atoms with Gasteiger partial charge >= 0.3 is 0 Å². The summed E-state index contributed by atoms with van der Waals surface area (Å²) in [6.07, 6.45) is 3.72. The SMILES string of the molecule is CCCCn1c(SCC(=O)c2ccc(C)c(C)c2)nnc1-c1ccco1. The van der Waals surface area contributed by atoms with E-state index in [-0.39, 0.29) is 5.78 Å². The van der Waals surface area contributed by atoms with Gasteiger partial charge in [-0.05, 0) is 49.6 Å². The fourth-order valence-electron chi connectivity index (χ4n) is 2.63. The maximum Gasteiger partial charge on any atom is 0.200 e. The predicted octanol–water partition coefficient (Wildman–Crippen LogP) is 4.93. The number of hydrogen-bond donors (Lipinski definition) is 0. The Bertz CT molecular complexity index is 885. The lowest BCUT2D eigenvalue weighted by atomic mass is 10.0. The number of Topliss-reactive ketones (excluding diaryl/α,β-unsaturated/α-hetero) is 1. The van der Waals surface area contributed by atoms with Crippen LogP contribution >= 0.6 is 11.8 Å². The standard InChI is InChI=1S/C20H23N3O2S/c1-4-5-10-23-19(18-7-6-11-25-18)21-22-20(23)26-13-17(24)16-9-8-14(2)15(3)12-16/h6-9,11-12H,4-5,10,13H2,1-3H3. The van der Waals surface area contributed by atoms with E-state index < -0.39 is 0 Å². The van der Waals surface area contributed by atoms with Gasteiger partial charge in [-0.1, -0.05) is 37.2 Å². The van der Waals surface area contributed by atoms with Gasteiger partial charge in [0.1, 0.15) is 0 Å². The highest BCUT2D eigenvalue weighted by atomic mass is 32.2. The zero-order chi connectivity index (χ0) is 18.5. The molecule has 0 fully saturated rings. The number of benzene rings is 1. The van der Waals surface area contributed by atoms with Crippen molar-refractivity contribution in [2.24, 2.45) is 0 Å². The van der Waals surface area contributed by atoms with Gasteiger partial charge in [-0.3, -0.25) is 9.36 Å². The Morgan fingerprint density at radius 3 is 2.73 bits per heavy atom. The summed E-state index contributed by atoms with van der Waals surface area (Å²) in [5.41, 5.74) is 3.06. The van der Waals surface area contributed by atoms with Crippen LogP contribution in [0.5, 0.6) is 0 Å². The number of aromatic nitrogens is 3. The largest absolute Gasteiger partial charge is 0.461 e. The van der Waals surface area contributed by atoms with E-state index in [1.165, 1.54) is 17.3 Å². The van der Waals surface area contributed by atoms with Gasteiger partial charge in [0, 0.05) is 12.1 Å². The first kappa shape index (κ1) is 18.5. The van der Waals surface area contributed by atoms with Crippen molar-refractivity contribution in [2.75, 3.05) is 5.75 Å². The normalized spacial score (nSPS) is 11.0. The Kier molecular flexibility index (Phi) is 5.93. The fourth-order valence-corrected chi connectivity index (χ4v) is 3.49. The second kappa shape index (κ2) is 8.36. The molecule has 136 valence electrons. The molecule has 6 heteroatoms. The van der Waals surface area contributed by atoms with E-state index in [1.54, 1.807) is 6.26 Å². The van der Waals surface area contributed by atoms with Crippen molar-refractivity contribution in [3.05, 3.63) is 53.3 Å². The molecule has 0 bridgehead atoms. The minimum Gasteiger partial charge on any atom is -0.461 e. The number of unbranched alkanes of at least 4 members (excludes halogenated alkanes) is 1. The number of furan rings is 1. The summed E-state index contributed by atoms with van der Waals surface area (Å²) in [5, 5.41) is 9.31. The van der Waals surface area contributed by atoms with Gasteiger partial charge in [0.2, 0.25) is 0 Å². The second-order valence-corrected chi connectivity index (χ2v) is 7.24. The molecule has 3 rings (SSSR count). The van der Waals surface area contributed by atoms with Gasteiger partial charge in [-0.25, -0.2) is 0 Å². The smallest absolute Gasteiger partial charge is 0.200 e. The summed E-state index contributed by atoms with van der Waals surface area (Å²) in [6, 6.07) is 9.55. The summed E-state index contributed by atoms with van der Waals surface area (Å²) in [5.74, 6) is 1.85. The van der Waals surface area contributed by atoms with Crippen LogP contribution in [0.25, 0.3) is 11.6 Å². The van der Waals surface area contributed by atoms with Crippen LogP contribution in [-0.2, 0) is 6.54 Å². The lowest BCUT2D eigenvalue weighted by molar-refractivity contribution is 0.102. The monoisotopic (exact) mass is 369 g/mol. The molecule has 0 aliphatic heterocycles. The molecule has 0 amide bonds. The van der Waals surface area contributed by atoms with Crippen LogP contribution in [0.3, 0.4) is 0 Å². The van der Waals surface area contributed by atoms with E-state index in [1.807, 2.05) is 48.7 Å². The average molecular weight is 369 g/mol. The number of nitrogens with zero attached hydrogens (tertiary/aromatic N) is 3. The van der Waals surface area contributed by atoms with Gasteiger partial charge in [0.15, 0.2) is 22.5 Å². The summed E-state index contributed by atoms with van der Waals surface area (Å²) < 4.78 is 7.52. The first-order valence-electron chi connectivity index (χ1n) is 8.80. The van der Waals surface area contributed by atoms with Gasteiger partial charge in [-0.2, -0.15) is 0 Å². The third-order valence-corrected chi connectivity index (χ3v) is 5.32. The summed E-state index contributed by atoms with van der Waals surface area (Å²) in [4.78, 5) is 12.5. The topological polar surface area (TPSA) is 60.9 Å². The summed E-state index contributed by atoms with van der Waals surface area (Å²) in [6.45, 7) is 7.02. The molecule has 3 aromatic rings. The van der Waals surface area contributed by atoms with Crippen molar-refractivity contribution in [3.63, 3.8) is 0 Å². The third kappa shape index (κ3) is 4.07. The van der Waals surface area contributed by atoms with Crippen molar-refractivity contribution < 1.29 is 9.21 Å². The lowest BCUT2D eigenvalue weighted by Gasteiger charge is -2.08. The molecule has 1 aromatic carbocycles. The molecule has 0 saturated heterocycles. The van der Waals surface area contributed by atoms with Gasteiger partial charge < -0.3 is 4.42 Å². The minimum atomic E-state index is 0.0997. The molecule has 0 radical (unpaired) electrons. The van der Waals surface area contributed by atoms with Crippen LogP contribution in [0.2, 0.25) is 0 Å². The van der Waals surface area contributed by atoms with Crippen molar-refractivity contribution >= 4 is 17.5 Å².